The lowest BCUT2D eigenvalue weighted by molar-refractivity contribution is -0.141. The molecule has 7 nitrogen and oxygen atoms in total. The van der Waals surface area contributed by atoms with Crippen molar-refractivity contribution in [3.8, 4) is 11.5 Å². The zero-order valence-corrected chi connectivity index (χ0v) is 22.3. The maximum absolute atomic E-state index is 13.4. The highest BCUT2D eigenvalue weighted by Gasteiger charge is 2.44. The van der Waals surface area contributed by atoms with Gasteiger partial charge in [-0.05, 0) is 63.1 Å². The number of carbonyl (C=O) groups is 1. The van der Waals surface area contributed by atoms with Crippen molar-refractivity contribution >= 4 is 17.5 Å². The zero-order valence-electron chi connectivity index (χ0n) is 21.5. The molecular weight excluding hydrogens is 492 g/mol. The first-order valence-electron chi connectivity index (χ1n) is 13.3. The smallest absolute Gasteiger partial charge is 0.225 e. The number of hydrogen-bond donors (Lipinski definition) is 3. The van der Waals surface area contributed by atoms with Gasteiger partial charge in [0.2, 0.25) is 5.91 Å². The fourth-order valence-electron chi connectivity index (χ4n) is 5.83. The van der Waals surface area contributed by atoms with E-state index in [9.17, 15) is 15.0 Å². The minimum Gasteiger partial charge on any atom is -0.455 e. The lowest BCUT2D eigenvalue weighted by Gasteiger charge is -2.44. The molecule has 0 unspecified atom stereocenters. The minimum atomic E-state index is -1.21. The molecule has 1 saturated carbocycles. The summed E-state index contributed by atoms with van der Waals surface area (Å²) in [4.78, 5) is 15.2. The van der Waals surface area contributed by atoms with Gasteiger partial charge in [0, 0.05) is 50.2 Å². The van der Waals surface area contributed by atoms with Gasteiger partial charge < -0.3 is 30.3 Å². The van der Waals surface area contributed by atoms with E-state index in [4.69, 9.17) is 26.8 Å². The van der Waals surface area contributed by atoms with Gasteiger partial charge in [-0.25, -0.2) is 0 Å². The number of carbonyl (C=O) groups excluding carboxylic acids is 1. The molecule has 0 radical (unpaired) electrons. The van der Waals surface area contributed by atoms with E-state index in [0.29, 0.717) is 61.0 Å². The molecule has 1 saturated heterocycles. The van der Waals surface area contributed by atoms with Gasteiger partial charge in [0.1, 0.15) is 11.5 Å². The van der Waals surface area contributed by atoms with Crippen molar-refractivity contribution in [2.24, 2.45) is 17.6 Å². The lowest BCUT2D eigenvalue weighted by atomic mass is 9.73. The van der Waals surface area contributed by atoms with E-state index < -0.39 is 11.7 Å². The van der Waals surface area contributed by atoms with Gasteiger partial charge in [-0.15, -0.1) is 0 Å². The highest BCUT2D eigenvalue weighted by Crippen LogP contribution is 2.45. The van der Waals surface area contributed by atoms with Crippen molar-refractivity contribution < 1.29 is 24.5 Å². The Bertz CT molecular complexity index is 1040. The van der Waals surface area contributed by atoms with E-state index >= 15 is 0 Å². The van der Waals surface area contributed by atoms with Crippen LogP contribution in [0.3, 0.4) is 0 Å². The van der Waals surface area contributed by atoms with Crippen LogP contribution in [0.1, 0.15) is 50.5 Å². The molecule has 4 rings (SSSR count). The van der Waals surface area contributed by atoms with E-state index in [1.54, 1.807) is 19.2 Å². The summed E-state index contributed by atoms with van der Waals surface area (Å²) in [5, 5.41) is 23.0. The Hall–Kier alpha value is -2.16. The average Bonchev–Trinajstić information content (AvgIpc) is 3.25. The normalized spacial score (nSPS) is 25.6. The van der Waals surface area contributed by atoms with Crippen LogP contribution in [-0.2, 0) is 15.1 Å². The molecule has 1 amide bonds. The summed E-state index contributed by atoms with van der Waals surface area (Å²) in [5.74, 6) is 0.658. The first-order chi connectivity index (χ1) is 17.8. The van der Waals surface area contributed by atoms with E-state index in [-0.39, 0.29) is 23.8 Å². The predicted octanol–water partition coefficient (Wildman–Crippen LogP) is 4.47. The van der Waals surface area contributed by atoms with Gasteiger partial charge in [0.25, 0.3) is 0 Å². The molecule has 1 aliphatic heterocycles. The summed E-state index contributed by atoms with van der Waals surface area (Å²) in [6.45, 7) is 1.71. The number of para-hydroxylation sites is 2. The monoisotopic (exact) mass is 530 g/mol. The van der Waals surface area contributed by atoms with Crippen LogP contribution in [0.2, 0.25) is 5.02 Å². The highest BCUT2D eigenvalue weighted by molar-refractivity contribution is 6.32. The van der Waals surface area contributed by atoms with Crippen LogP contribution in [-0.4, -0.2) is 60.0 Å². The molecule has 37 heavy (non-hydrogen) atoms. The number of nitrogens with zero attached hydrogens (tertiary/aromatic N) is 1. The maximum atomic E-state index is 13.4. The zero-order chi connectivity index (χ0) is 26.4. The number of aliphatic hydroxyl groups is 2. The van der Waals surface area contributed by atoms with Crippen molar-refractivity contribution in [1.82, 2.24) is 4.90 Å². The first kappa shape index (κ1) is 27.9. The number of amides is 1. The van der Waals surface area contributed by atoms with Crippen LogP contribution in [0.25, 0.3) is 0 Å². The molecule has 2 aliphatic rings. The molecule has 0 aromatic heterocycles. The standard InChI is InChI=1S/C29H39ClN2O5/c1-36-16-7-6-14-29(35,22-10-2-4-12-26(22)37-27-13-5-3-11-23(27)30)21-9-8-15-32(19-21)28(34)20-17-24(31)25(33)18-20/h2-5,10-13,20-21,24-25,33,35H,6-9,14-19,31H2,1H3/t20-,21+,24+,25-,29-/m0/s1. The van der Waals surface area contributed by atoms with Gasteiger partial charge in [-0.1, -0.05) is 41.9 Å². The summed E-state index contributed by atoms with van der Waals surface area (Å²) in [6.07, 6.45) is 3.94. The largest absolute Gasteiger partial charge is 0.455 e. The Morgan fingerprint density at radius 2 is 1.86 bits per heavy atom. The van der Waals surface area contributed by atoms with Gasteiger partial charge >= 0.3 is 0 Å². The molecule has 2 fully saturated rings. The van der Waals surface area contributed by atoms with Crippen LogP contribution < -0.4 is 10.5 Å². The molecule has 202 valence electrons. The number of likely N-dealkylation sites (tertiary alicyclic amines) is 1. The summed E-state index contributed by atoms with van der Waals surface area (Å²) >= 11 is 6.37. The summed E-state index contributed by atoms with van der Waals surface area (Å²) in [6, 6.07) is 14.5. The van der Waals surface area contributed by atoms with E-state index in [1.165, 1.54) is 0 Å². The number of methoxy groups -OCH3 is 1. The van der Waals surface area contributed by atoms with E-state index in [0.717, 1.165) is 25.7 Å². The SMILES string of the molecule is COCCCC[C@@](O)(c1ccccc1Oc1ccccc1Cl)[C@@H]1CCCN(C(=O)[C@H]2C[C@@H](N)[C@@H](O)C2)C1. The Labute approximate surface area is 224 Å². The Morgan fingerprint density at radius 3 is 2.57 bits per heavy atom. The van der Waals surface area contributed by atoms with Crippen molar-refractivity contribution in [2.75, 3.05) is 26.8 Å². The van der Waals surface area contributed by atoms with E-state index in [2.05, 4.69) is 0 Å². The van der Waals surface area contributed by atoms with Gasteiger partial charge in [0.15, 0.2) is 0 Å². The predicted molar refractivity (Wildman–Crippen MR) is 144 cm³/mol. The number of benzene rings is 2. The number of nitrogens with two attached hydrogens (primary N) is 1. The third-order valence-corrected chi connectivity index (χ3v) is 8.21. The van der Waals surface area contributed by atoms with Crippen LogP contribution in [0.5, 0.6) is 11.5 Å². The third kappa shape index (κ3) is 6.47. The Balaban J connectivity index is 1.61. The van der Waals surface area contributed by atoms with E-state index in [1.807, 2.05) is 41.3 Å². The van der Waals surface area contributed by atoms with Crippen molar-refractivity contribution in [1.29, 1.82) is 0 Å². The number of hydrogen-bond acceptors (Lipinski definition) is 6. The maximum Gasteiger partial charge on any atom is 0.225 e. The van der Waals surface area contributed by atoms with Gasteiger partial charge in [-0.3, -0.25) is 4.79 Å². The molecule has 2 aromatic carbocycles. The molecule has 1 aliphatic carbocycles. The summed E-state index contributed by atoms with van der Waals surface area (Å²) in [7, 11) is 1.68. The number of unbranched alkanes of at least 4 members (excludes halogenated alkanes) is 1. The summed E-state index contributed by atoms with van der Waals surface area (Å²) in [5.41, 5.74) is 5.47. The second kappa shape index (κ2) is 12.6. The molecule has 4 N–H and O–H groups in total. The van der Waals surface area contributed by atoms with Crippen LogP contribution in [0, 0.1) is 11.8 Å². The number of halogens is 1. The molecule has 0 spiro atoms. The number of ether oxygens (including phenoxy) is 2. The molecule has 2 aromatic rings. The fraction of sp³-hybridized carbons (Fsp3) is 0.552. The van der Waals surface area contributed by atoms with Crippen LogP contribution >= 0.6 is 11.6 Å². The topological polar surface area (TPSA) is 105 Å². The van der Waals surface area contributed by atoms with Gasteiger partial charge in [-0.2, -0.15) is 0 Å². The minimum absolute atomic E-state index is 0.0269. The fourth-order valence-corrected chi connectivity index (χ4v) is 6.01. The number of piperidine rings is 1. The Kier molecular flexibility index (Phi) is 9.48. The second-order valence-corrected chi connectivity index (χ2v) is 10.8. The lowest BCUT2D eigenvalue weighted by Crippen LogP contribution is -2.49. The van der Waals surface area contributed by atoms with Crippen LogP contribution in [0.15, 0.2) is 48.5 Å². The second-order valence-electron chi connectivity index (χ2n) is 10.4. The summed E-state index contributed by atoms with van der Waals surface area (Å²) < 4.78 is 11.5. The van der Waals surface area contributed by atoms with Crippen LogP contribution in [0.4, 0.5) is 0 Å². The quantitative estimate of drug-likeness (QED) is 0.391. The molecule has 0 bridgehead atoms. The number of rotatable bonds is 10. The highest BCUT2D eigenvalue weighted by atomic mass is 35.5. The first-order valence-corrected chi connectivity index (χ1v) is 13.7. The third-order valence-electron chi connectivity index (χ3n) is 7.90. The Morgan fingerprint density at radius 1 is 1.14 bits per heavy atom. The number of aliphatic hydroxyl groups excluding tert-OH is 1. The van der Waals surface area contributed by atoms with Crippen molar-refractivity contribution in [3.63, 3.8) is 0 Å². The van der Waals surface area contributed by atoms with Crippen molar-refractivity contribution in [2.45, 2.75) is 62.7 Å². The van der Waals surface area contributed by atoms with Gasteiger partial charge in [0.05, 0.1) is 16.7 Å². The molecular formula is C29H39ClN2O5. The molecule has 5 atom stereocenters. The molecule has 1 heterocycles. The molecule has 8 heteroatoms. The average molecular weight is 531 g/mol. The van der Waals surface area contributed by atoms with Crippen molar-refractivity contribution in [3.05, 3.63) is 59.1 Å².